The smallest absolute Gasteiger partial charge is 0.271 e. The van der Waals surface area contributed by atoms with Crippen LogP contribution < -0.4 is 20.2 Å². The summed E-state index contributed by atoms with van der Waals surface area (Å²) >= 11 is 0. The number of carbonyl (C=O) groups is 2. The van der Waals surface area contributed by atoms with Crippen LogP contribution in [0.2, 0.25) is 0 Å². The lowest BCUT2D eigenvalue weighted by molar-refractivity contribution is -0.114. The molecule has 33 heavy (non-hydrogen) atoms. The number of carbonyl (C=O) groups excluding carboxylic acids is 2. The third kappa shape index (κ3) is 6.42. The number of nitrogens with one attached hydrogen (secondary N) is 2. The van der Waals surface area contributed by atoms with Gasteiger partial charge in [0.05, 0.1) is 25.0 Å². The molecule has 0 bridgehead atoms. The SMILES string of the molecule is COc1cc(/C=N\NC(=O)c2ccc(NC(C)=O)cc2)ccc1OCc1ccccc1C#N. The van der Waals surface area contributed by atoms with Crippen molar-refractivity contribution < 1.29 is 19.1 Å². The molecule has 0 aliphatic heterocycles. The number of benzene rings is 3. The van der Waals surface area contributed by atoms with Crippen LogP contribution in [0.5, 0.6) is 11.5 Å². The highest BCUT2D eigenvalue weighted by Gasteiger charge is 2.08. The van der Waals surface area contributed by atoms with Crippen molar-refractivity contribution in [3.8, 4) is 17.6 Å². The Morgan fingerprint density at radius 1 is 1.06 bits per heavy atom. The van der Waals surface area contributed by atoms with E-state index in [1.54, 1.807) is 54.6 Å². The second-order valence-electron chi connectivity index (χ2n) is 6.93. The van der Waals surface area contributed by atoms with Crippen molar-refractivity contribution in [3.63, 3.8) is 0 Å². The van der Waals surface area contributed by atoms with E-state index in [4.69, 9.17) is 9.47 Å². The zero-order valence-electron chi connectivity index (χ0n) is 18.2. The summed E-state index contributed by atoms with van der Waals surface area (Å²) in [6.45, 7) is 1.64. The Balaban J connectivity index is 1.61. The molecule has 8 heteroatoms. The van der Waals surface area contributed by atoms with Crippen molar-refractivity contribution >= 4 is 23.7 Å². The molecule has 0 saturated heterocycles. The van der Waals surface area contributed by atoms with Gasteiger partial charge in [-0.3, -0.25) is 9.59 Å². The van der Waals surface area contributed by atoms with E-state index in [0.29, 0.717) is 33.9 Å². The molecule has 0 atom stereocenters. The minimum absolute atomic E-state index is 0.185. The van der Waals surface area contributed by atoms with Gasteiger partial charge < -0.3 is 14.8 Å². The highest BCUT2D eigenvalue weighted by atomic mass is 16.5. The topological polar surface area (TPSA) is 113 Å². The molecule has 0 aliphatic rings. The first-order valence-corrected chi connectivity index (χ1v) is 10.00. The van der Waals surface area contributed by atoms with E-state index in [-0.39, 0.29) is 18.4 Å². The van der Waals surface area contributed by atoms with Crippen LogP contribution in [0.15, 0.2) is 71.8 Å². The molecule has 0 aromatic heterocycles. The number of methoxy groups -OCH3 is 1. The van der Waals surface area contributed by atoms with Crippen molar-refractivity contribution in [3.05, 3.63) is 89.0 Å². The van der Waals surface area contributed by atoms with E-state index in [1.165, 1.54) is 20.2 Å². The summed E-state index contributed by atoms with van der Waals surface area (Å²) in [7, 11) is 1.53. The highest BCUT2D eigenvalue weighted by molar-refractivity contribution is 5.96. The van der Waals surface area contributed by atoms with E-state index < -0.39 is 0 Å². The van der Waals surface area contributed by atoms with Crippen LogP contribution in [0.1, 0.15) is 34.0 Å². The molecule has 0 aliphatic carbocycles. The standard InChI is InChI=1S/C25H22N4O4/c1-17(30)28-22-10-8-19(9-11-22)25(31)29-27-15-18-7-12-23(24(13-18)32-2)33-16-21-6-4-3-5-20(21)14-26/h3-13,15H,16H2,1-2H3,(H,28,30)(H,29,31)/b27-15-. The zero-order valence-corrected chi connectivity index (χ0v) is 18.2. The summed E-state index contributed by atoms with van der Waals surface area (Å²) in [5.41, 5.74) is 5.49. The fourth-order valence-corrected chi connectivity index (χ4v) is 2.93. The van der Waals surface area contributed by atoms with Gasteiger partial charge in [-0.15, -0.1) is 0 Å². The van der Waals surface area contributed by atoms with Crippen LogP contribution in [0.3, 0.4) is 0 Å². The van der Waals surface area contributed by atoms with Crippen LogP contribution in [-0.2, 0) is 11.4 Å². The molecule has 0 heterocycles. The second kappa shape index (κ2) is 11.1. The fourth-order valence-electron chi connectivity index (χ4n) is 2.93. The van der Waals surface area contributed by atoms with Gasteiger partial charge in [-0.05, 0) is 54.1 Å². The lowest BCUT2D eigenvalue weighted by atomic mass is 10.1. The van der Waals surface area contributed by atoms with E-state index in [1.807, 2.05) is 12.1 Å². The van der Waals surface area contributed by atoms with Gasteiger partial charge in [0.25, 0.3) is 5.91 Å². The molecule has 166 valence electrons. The number of hydrogen-bond donors (Lipinski definition) is 2. The predicted molar refractivity (Wildman–Crippen MR) is 124 cm³/mol. The summed E-state index contributed by atoms with van der Waals surface area (Å²) in [4.78, 5) is 23.3. The van der Waals surface area contributed by atoms with Crippen LogP contribution in [0, 0.1) is 11.3 Å². The van der Waals surface area contributed by atoms with Gasteiger partial charge in [0.1, 0.15) is 6.61 Å². The molecular formula is C25H22N4O4. The van der Waals surface area contributed by atoms with Crippen molar-refractivity contribution in [2.45, 2.75) is 13.5 Å². The summed E-state index contributed by atoms with van der Waals surface area (Å²) in [6, 6.07) is 21.1. The largest absolute Gasteiger partial charge is 0.493 e. The van der Waals surface area contributed by atoms with Crippen LogP contribution in [0.4, 0.5) is 5.69 Å². The summed E-state index contributed by atoms with van der Waals surface area (Å²) in [5.74, 6) is 0.443. The zero-order chi connectivity index (χ0) is 23.6. The van der Waals surface area contributed by atoms with Gasteiger partial charge in [-0.25, -0.2) is 5.43 Å². The average Bonchev–Trinajstić information content (AvgIpc) is 2.83. The average molecular weight is 442 g/mol. The van der Waals surface area contributed by atoms with Gasteiger partial charge >= 0.3 is 0 Å². The molecule has 0 saturated carbocycles. The lowest BCUT2D eigenvalue weighted by Crippen LogP contribution is -2.17. The minimum atomic E-state index is -0.385. The number of ether oxygens (including phenoxy) is 2. The minimum Gasteiger partial charge on any atom is -0.493 e. The maximum absolute atomic E-state index is 12.2. The number of anilines is 1. The highest BCUT2D eigenvalue weighted by Crippen LogP contribution is 2.28. The van der Waals surface area contributed by atoms with Gasteiger partial charge in [0, 0.05) is 23.7 Å². The molecule has 0 spiro atoms. The first-order valence-electron chi connectivity index (χ1n) is 10.00. The first-order chi connectivity index (χ1) is 16.0. The number of nitriles is 1. The number of hydrogen-bond acceptors (Lipinski definition) is 6. The number of amides is 2. The Morgan fingerprint density at radius 2 is 1.82 bits per heavy atom. The molecule has 2 amide bonds. The van der Waals surface area contributed by atoms with Crippen molar-refractivity contribution in [1.82, 2.24) is 5.43 Å². The lowest BCUT2D eigenvalue weighted by Gasteiger charge is -2.12. The molecule has 8 nitrogen and oxygen atoms in total. The Kier molecular flexibility index (Phi) is 7.76. The molecule has 0 radical (unpaired) electrons. The van der Waals surface area contributed by atoms with E-state index >= 15 is 0 Å². The van der Waals surface area contributed by atoms with Gasteiger partial charge in [-0.2, -0.15) is 10.4 Å². The normalized spacial score (nSPS) is 10.3. The number of rotatable bonds is 8. The van der Waals surface area contributed by atoms with Crippen molar-refractivity contribution in [1.29, 1.82) is 5.26 Å². The summed E-state index contributed by atoms with van der Waals surface area (Å²) in [6.07, 6.45) is 1.49. The quantitative estimate of drug-likeness (QED) is 0.406. The molecule has 3 aromatic rings. The Bertz CT molecular complexity index is 1210. The van der Waals surface area contributed by atoms with E-state index in [9.17, 15) is 14.9 Å². The van der Waals surface area contributed by atoms with Crippen molar-refractivity contribution in [2.24, 2.45) is 5.10 Å². The number of nitrogens with zero attached hydrogens (tertiary/aromatic N) is 2. The molecular weight excluding hydrogens is 420 g/mol. The van der Waals surface area contributed by atoms with Gasteiger partial charge in [0.15, 0.2) is 11.5 Å². The van der Waals surface area contributed by atoms with E-state index in [2.05, 4.69) is 21.9 Å². The Morgan fingerprint density at radius 3 is 2.52 bits per heavy atom. The second-order valence-corrected chi connectivity index (χ2v) is 6.93. The van der Waals surface area contributed by atoms with Crippen LogP contribution in [0.25, 0.3) is 0 Å². The summed E-state index contributed by atoms with van der Waals surface area (Å²) in [5, 5.41) is 15.8. The van der Waals surface area contributed by atoms with Crippen LogP contribution >= 0.6 is 0 Å². The maximum Gasteiger partial charge on any atom is 0.271 e. The molecule has 2 N–H and O–H groups in total. The Labute approximate surface area is 191 Å². The van der Waals surface area contributed by atoms with Gasteiger partial charge in [-0.1, -0.05) is 18.2 Å². The monoisotopic (exact) mass is 442 g/mol. The number of hydrazone groups is 1. The first kappa shape index (κ1) is 23.0. The molecule has 3 rings (SSSR count). The predicted octanol–water partition coefficient (Wildman–Crippen LogP) is 3.87. The van der Waals surface area contributed by atoms with Crippen LogP contribution in [-0.4, -0.2) is 25.1 Å². The Hall–Kier alpha value is -4.64. The maximum atomic E-state index is 12.2. The molecule has 0 fully saturated rings. The molecule has 3 aromatic carbocycles. The third-order valence-corrected chi connectivity index (χ3v) is 4.56. The van der Waals surface area contributed by atoms with Gasteiger partial charge in [0.2, 0.25) is 5.91 Å². The fraction of sp³-hybridized carbons (Fsp3) is 0.120. The summed E-state index contributed by atoms with van der Waals surface area (Å²) < 4.78 is 11.2. The third-order valence-electron chi connectivity index (χ3n) is 4.56. The van der Waals surface area contributed by atoms with Crippen molar-refractivity contribution in [2.75, 3.05) is 12.4 Å². The van der Waals surface area contributed by atoms with E-state index in [0.717, 1.165) is 5.56 Å². The molecule has 0 unspecified atom stereocenters.